The number of hydrogen-bond donors (Lipinski definition) is 0. The maximum absolute atomic E-state index is 6.27. The van der Waals surface area contributed by atoms with Crippen LogP contribution >= 0.6 is 11.6 Å². The van der Waals surface area contributed by atoms with E-state index in [2.05, 4.69) is 18.2 Å². The smallest absolute Gasteiger partial charge is 0.126 e. The fraction of sp³-hybridized carbons (Fsp3) is 0.375. The molecule has 2 nitrogen and oxygen atoms in total. The molecular formula is C16H17ClO2. The number of rotatable bonds is 2. The highest BCUT2D eigenvalue weighted by Crippen LogP contribution is 2.37. The maximum Gasteiger partial charge on any atom is 0.126 e. The van der Waals surface area contributed by atoms with Crippen LogP contribution in [0.1, 0.15) is 24.5 Å². The maximum atomic E-state index is 6.27. The number of halogens is 1. The lowest BCUT2D eigenvalue weighted by Gasteiger charge is -2.27. The summed E-state index contributed by atoms with van der Waals surface area (Å²) < 4.78 is 11.3. The predicted octanol–water partition coefficient (Wildman–Crippen LogP) is 4.31. The zero-order valence-electron chi connectivity index (χ0n) is 10.9. The van der Waals surface area contributed by atoms with Crippen molar-refractivity contribution >= 4 is 22.4 Å². The van der Waals surface area contributed by atoms with E-state index in [0.717, 1.165) is 30.6 Å². The van der Waals surface area contributed by atoms with Crippen LogP contribution in [0.25, 0.3) is 10.8 Å². The molecule has 0 N–H and O–H groups in total. The summed E-state index contributed by atoms with van der Waals surface area (Å²) in [5.74, 6) is 0.901. The van der Waals surface area contributed by atoms with E-state index in [9.17, 15) is 0 Å². The summed E-state index contributed by atoms with van der Waals surface area (Å²) in [6, 6.07) is 12.4. The molecule has 1 fully saturated rings. The van der Waals surface area contributed by atoms with E-state index in [4.69, 9.17) is 21.1 Å². The number of alkyl halides is 1. The molecule has 0 spiro atoms. The molecule has 1 saturated heterocycles. The molecule has 2 aromatic carbocycles. The van der Waals surface area contributed by atoms with Crippen molar-refractivity contribution in [3.8, 4) is 5.75 Å². The van der Waals surface area contributed by atoms with E-state index >= 15 is 0 Å². The van der Waals surface area contributed by atoms with Crippen molar-refractivity contribution in [1.82, 2.24) is 0 Å². The Kier molecular flexibility index (Phi) is 3.63. The van der Waals surface area contributed by atoms with Crippen molar-refractivity contribution in [2.45, 2.75) is 24.3 Å². The Bertz CT molecular complexity index is 582. The quantitative estimate of drug-likeness (QED) is 0.761. The minimum atomic E-state index is 0.0899. The summed E-state index contributed by atoms with van der Waals surface area (Å²) >= 11 is 6.27. The first kappa shape index (κ1) is 12.8. The molecule has 0 radical (unpaired) electrons. The lowest BCUT2D eigenvalue weighted by molar-refractivity contribution is 0.0178. The van der Waals surface area contributed by atoms with Gasteiger partial charge >= 0.3 is 0 Å². The summed E-state index contributed by atoms with van der Waals surface area (Å²) in [5.41, 5.74) is 1.21. The van der Waals surface area contributed by atoms with Gasteiger partial charge in [-0.05, 0) is 29.9 Å². The molecule has 0 amide bonds. The normalized spacial score (nSPS) is 23.5. The molecule has 2 unspecified atom stereocenters. The second-order valence-electron chi connectivity index (χ2n) is 4.88. The second kappa shape index (κ2) is 5.40. The van der Waals surface area contributed by atoms with Gasteiger partial charge in [0.15, 0.2) is 0 Å². The molecule has 1 aliphatic rings. The van der Waals surface area contributed by atoms with Crippen LogP contribution in [0.2, 0.25) is 0 Å². The van der Waals surface area contributed by atoms with Crippen molar-refractivity contribution in [2.24, 2.45) is 0 Å². The Labute approximate surface area is 118 Å². The van der Waals surface area contributed by atoms with Crippen molar-refractivity contribution in [3.05, 3.63) is 42.0 Å². The standard InChI is InChI=1S/C16H17ClO2/c1-18-15-7-6-14(12-4-2-3-5-13(12)15)16-10-11(17)8-9-19-16/h2-7,11,16H,8-10H2,1H3. The van der Waals surface area contributed by atoms with Crippen LogP contribution in [-0.2, 0) is 4.74 Å². The van der Waals surface area contributed by atoms with Gasteiger partial charge in [0.1, 0.15) is 5.75 Å². The Hall–Kier alpha value is -1.25. The zero-order chi connectivity index (χ0) is 13.2. The number of methoxy groups -OCH3 is 1. The molecule has 0 bridgehead atoms. The molecule has 0 aromatic heterocycles. The van der Waals surface area contributed by atoms with Crippen LogP contribution in [-0.4, -0.2) is 19.1 Å². The highest BCUT2D eigenvalue weighted by Gasteiger charge is 2.24. The van der Waals surface area contributed by atoms with Gasteiger partial charge in [-0.1, -0.05) is 30.3 Å². The Morgan fingerprint density at radius 1 is 1.16 bits per heavy atom. The van der Waals surface area contributed by atoms with Gasteiger partial charge in [0, 0.05) is 17.4 Å². The molecule has 1 heterocycles. The lowest BCUT2D eigenvalue weighted by atomic mass is 9.95. The minimum Gasteiger partial charge on any atom is -0.496 e. The Morgan fingerprint density at radius 2 is 1.95 bits per heavy atom. The first-order chi connectivity index (χ1) is 9.29. The first-order valence-corrected chi connectivity index (χ1v) is 7.04. The summed E-state index contributed by atoms with van der Waals surface area (Å²) in [5, 5.41) is 2.53. The SMILES string of the molecule is COc1ccc(C2CC(Cl)CCO2)c2ccccc12. The number of hydrogen-bond acceptors (Lipinski definition) is 2. The Balaban J connectivity index is 2.09. The Morgan fingerprint density at radius 3 is 2.68 bits per heavy atom. The van der Waals surface area contributed by atoms with E-state index in [0.29, 0.717) is 0 Å². The minimum absolute atomic E-state index is 0.0899. The van der Waals surface area contributed by atoms with Gasteiger partial charge in [0.25, 0.3) is 0 Å². The largest absolute Gasteiger partial charge is 0.496 e. The monoisotopic (exact) mass is 276 g/mol. The van der Waals surface area contributed by atoms with Crippen LogP contribution < -0.4 is 4.74 Å². The van der Waals surface area contributed by atoms with Gasteiger partial charge in [0.05, 0.1) is 13.2 Å². The number of ether oxygens (including phenoxy) is 2. The van der Waals surface area contributed by atoms with Crippen molar-refractivity contribution in [3.63, 3.8) is 0 Å². The molecule has 0 aliphatic carbocycles. The van der Waals surface area contributed by atoms with Gasteiger partial charge < -0.3 is 9.47 Å². The highest BCUT2D eigenvalue weighted by molar-refractivity contribution is 6.20. The summed E-state index contributed by atoms with van der Waals surface area (Å²) in [4.78, 5) is 0. The molecule has 3 rings (SSSR count). The fourth-order valence-corrected chi connectivity index (χ4v) is 2.98. The first-order valence-electron chi connectivity index (χ1n) is 6.61. The lowest BCUT2D eigenvalue weighted by Crippen LogP contribution is -2.20. The summed E-state index contributed by atoms with van der Waals surface area (Å²) in [6.07, 6.45) is 1.90. The third-order valence-electron chi connectivity index (χ3n) is 3.70. The van der Waals surface area contributed by atoms with E-state index in [1.807, 2.05) is 18.2 Å². The molecule has 100 valence electrons. The molecule has 1 aliphatic heterocycles. The molecule has 3 heteroatoms. The molecule has 19 heavy (non-hydrogen) atoms. The molecule has 2 atom stereocenters. The van der Waals surface area contributed by atoms with E-state index in [-0.39, 0.29) is 11.5 Å². The second-order valence-corrected chi connectivity index (χ2v) is 5.50. The van der Waals surface area contributed by atoms with Crippen LogP contribution in [0.15, 0.2) is 36.4 Å². The average molecular weight is 277 g/mol. The average Bonchev–Trinajstić information content (AvgIpc) is 2.46. The molecule has 2 aromatic rings. The summed E-state index contributed by atoms with van der Waals surface area (Å²) in [7, 11) is 1.70. The van der Waals surface area contributed by atoms with E-state index in [1.54, 1.807) is 7.11 Å². The fourth-order valence-electron chi connectivity index (χ4n) is 2.73. The van der Waals surface area contributed by atoms with Gasteiger partial charge in [-0.3, -0.25) is 0 Å². The third kappa shape index (κ3) is 2.43. The van der Waals surface area contributed by atoms with E-state index < -0.39 is 0 Å². The zero-order valence-corrected chi connectivity index (χ0v) is 11.7. The molecule has 0 saturated carbocycles. The highest BCUT2D eigenvalue weighted by atomic mass is 35.5. The van der Waals surface area contributed by atoms with Gasteiger partial charge in [-0.15, -0.1) is 11.6 Å². The van der Waals surface area contributed by atoms with Crippen molar-refractivity contribution in [1.29, 1.82) is 0 Å². The molecular weight excluding hydrogens is 260 g/mol. The van der Waals surface area contributed by atoms with Crippen molar-refractivity contribution in [2.75, 3.05) is 13.7 Å². The van der Waals surface area contributed by atoms with Gasteiger partial charge in [0.2, 0.25) is 0 Å². The van der Waals surface area contributed by atoms with Gasteiger partial charge in [-0.25, -0.2) is 0 Å². The third-order valence-corrected chi connectivity index (χ3v) is 4.10. The van der Waals surface area contributed by atoms with Gasteiger partial charge in [-0.2, -0.15) is 0 Å². The topological polar surface area (TPSA) is 18.5 Å². The van der Waals surface area contributed by atoms with Crippen LogP contribution in [0.3, 0.4) is 0 Å². The van der Waals surface area contributed by atoms with Crippen molar-refractivity contribution < 1.29 is 9.47 Å². The number of fused-ring (bicyclic) bond motifs is 1. The van der Waals surface area contributed by atoms with E-state index in [1.165, 1.54) is 10.9 Å². The predicted molar refractivity (Wildman–Crippen MR) is 78.1 cm³/mol. The number of benzene rings is 2. The summed E-state index contributed by atoms with van der Waals surface area (Å²) in [6.45, 7) is 0.735. The van der Waals surface area contributed by atoms with Crippen LogP contribution in [0, 0.1) is 0 Å². The van der Waals surface area contributed by atoms with Crippen LogP contribution in [0.5, 0.6) is 5.75 Å². The van der Waals surface area contributed by atoms with Crippen LogP contribution in [0.4, 0.5) is 0 Å².